The molecule has 1 aromatic carbocycles. The Kier molecular flexibility index (Phi) is 3.32. The molecule has 0 aliphatic rings. The highest BCUT2D eigenvalue weighted by Crippen LogP contribution is 2.15. The van der Waals surface area contributed by atoms with Crippen molar-refractivity contribution in [3.05, 3.63) is 41.6 Å². The molecule has 17 heavy (non-hydrogen) atoms. The highest BCUT2D eigenvalue weighted by molar-refractivity contribution is 5.31. The summed E-state index contributed by atoms with van der Waals surface area (Å²) in [5.74, 6) is 1.51. The van der Waals surface area contributed by atoms with Crippen LogP contribution < -0.4 is 10.5 Å². The molecule has 0 radical (unpaired) electrons. The molecule has 0 aliphatic heterocycles. The molecule has 2 aromatic rings. The Morgan fingerprint density at radius 3 is 2.82 bits per heavy atom. The highest BCUT2D eigenvalue weighted by Gasteiger charge is 2.03. The van der Waals surface area contributed by atoms with Crippen LogP contribution in [0.15, 0.2) is 30.3 Å². The molecule has 0 atom stereocenters. The lowest BCUT2D eigenvalue weighted by Gasteiger charge is -2.05. The summed E-state index contributed by atoms with van der Waals surface area (Å²) in [6.45, 7) is 2.57. The van der Waals surface area contributed by atoms with Gasteiger partial charge in [0.25, 0.3) is 0 Å². The first-order chi connectivity index (χ1) is 8.19. The zero-order valence-corrected chi connectivity index (χ0v) is 10.2. The number of hydrogen-bond donors (Lipinski definition) is 1. The molecule has 2 N–H and O–H groups in total. The first kappa shape index (κ1) is 11.5. The SMILES string of the molecule is CCc1cccc(OCc2cc(N)n(C)n2)c1. The number of aromatic nitrogens is 2. The largest absolute Gasteiger partial charge is 0.487 e. The van der Waals surface area contributed by atoms with Gasteiger partial charge >= 0.3 is 0 Å². The summed E-state index contributed by atoms with van der Waals surface area (Å²) < 4.78 is 7.31. The van der Waals surface area contributed by atoms with Gasteiger partial charge in [-0.1, -0.05) is 19.1 Å². The summed E-state index contributed by atoms with van der Waals surface area (Å²) in [6.07, 6.45) is 1.01. The molecule has 4 nitrogen and oxygen atoms in total. The number of nitrogen functional groups attached to an aromatic ring is 1. The van der Waals surface area contributed by atoms with Gasteiger partial charge in [0.2, 0.25) is 0 Å². The first-order valence-corrected chi connectivity index (χ1v) is 5.69. The minimum atomic E-state index is 0.443. The normalized spacial score (nSPS) is 10.5. The standard InChI is InChI=1S/C13H17N3O/c1-3-10-5-4-6-12(7-10)17-9-11-8-13(14)16(2)15-11/h4-8H,3,9,14H2,1-2H3. The Labute approximate surface area is 101 Å². The second-order valence-electron chi connectivity index (χ2n) is 3.97. The van der Waals surface area contributed by atoms with Gasteiger partial charge in [-0.3, -0.25) is 4.68 Å². The molecule has 0 aliphatic carbocycles. The summed E-state index contributed by atoms with van der Waals surface area (Å²) in [4.78, 5) is 0. The van der Waals surface area contributed by atoms with Crippen LogP contribution in [-0.4, -0.2) is 9.78 Å². The maximum atomic E-state index is 5.70. The molecular weight excluding hydrogens is 214 g/mol. The second-order valence-corrected chi connectivity index (χ2v) is 3.97. The van der Waals surface area contributed by atoms with Gasteiger partial charge in [-0.25, -0.2) is 0 Å². The van der Waals surface area contributed by atoms with Crippen LogP contribution in [0.5, 0.6) is 5.75 Å². The van der Waals surface area contributed by atoms with Crippen LogP contribution >= 0.6 is 0 Å². The van der Waals surface area contributed by atoms with Crippen LogP contribution in [0.4, 0.5) is 5.82 Å². The third-order valence-electron chi connectivity index (χ3n) is 2.66. The second kappa shape index (κ2) is 4.91. The minimum Gasteiger partial charge on any atom is -0.487 e. The van der Waals surface area contributed by atoms with Gasteiger partial charge in [-0.15, -0.1) is 0 Å². The Morgan fingerprint density at radius 2 is 2.18 bits per heavy atom. The van der Waals surface area contributed by atoms with E-state index in [0.29, 0.717) is 12.4 Å². The average Bonchev–Trinajstić information content (AvgIpc) is 2.67. The molecule has 2 rings (SSSR count). The van der Waals surface area contributed by atoms with Gasteiger partial charge in [0, 0.05) is 13.1 Å². The zero-order chi connectivity index (χ0) is 12.3. The number of ether oxygens (including phenoxy) is 1. The maximum absolute atomic E-state index is 5.70. The van der Waals surface area contributed by atoms with Crippen LogP contribution in [0.2, 0.25) is 0 Å². The van der Waals surface area contributed by atoms with Gasteiger partial charge in [-0.05, 0) is 24.1 Å². The quantitative estimate of drug-likeness (QED) is 0.877. The number of aryl methyl sites for hydroxylation is 2. The van der Waals surface area contributed by atoms with Crippen molar-refractivity contribution in [1.29, 1.82) is 0 Å². The third-order valence-corrected chi connectivity index (χ3v) is 2.66. The van der Waals surface area contributed by atoms with Crippen molar-refractivity contribution in [3.8, 4) is 5.75 Å². The van der Waals surface area contributed by atoms with E-state index < -0.39 is 0 Å². The summed E-state index contributed by atoms with van der Waals surface area (Å²) >= 11 is 0. The number of nitrogens with zero attached hydrogens (tertiary/aromatic N) is 2. The third kappa shape index (κ3) is 2.78. The molecule has 0 unspecified atom stereocenters. The van der Waals surface area contributed by atoms with Crippen molar-refractivity contribution in [2.24, 2.45) is 7.05 Å². The van der Waals surface area contributed by atoms with Gasteiger partial charge in [0.05, 0.1) is 0 Å². The molecular formula is C13H17N3O. The van der Waals surface area contributed by atoms with E-state index in [4.69, 9.17) is 10.5 Å². The Morgan fingerprint density at radius 1 is 1.35 bits per heavy atom. The molecule has 0 saturated heterocycles. The van der Waals surface area contributed by atoms with Gasteiger partial charge in [0.1, 0.15) is 23.9 Å². The number of anilines is 1. The Bertz CT molecular complexity index is 486. The van der Waals surface area contributed by atoms with Gasteiger partial charge in [0.15, 0.2) is 0 Å². The monoisotopic (exact) mass is 231 g/mol. The van der Waals surface area contributed by atoms with Crippen LogP contribution in [0.1, 0.15) is 18.2 Å². The average molecular weight is 231 g/mol. The molecule has 1 aromatic heterocycles. The molecule has 0 fully saturated rings. The fourth-order valence-corrected chi connectivity index (χ4v) is 1.63. The van der Waals surface area contributed by atoms with E-state index in [1.54, 1.807) is 4.68 Å². The predicted octanol–water partition coefficient (Wildman–Crippen LogP) is 2.14. The summed E-state index contributed by atoms with van der Waals surface area (Å²) in [5, 5.41) is 4.23. The predicted molar refractivity (Wildman–Crippen MR) is 67.8 cm³/mol. The molecule has 0 amide bonds. The molecule has 0 bridgehead atoms. The number of rotatable bonds is 4. The number of benzene rings is 1. The number of hydrogen-bond acceptors (Lipinski definition) is 3. The van der Waals surface area contributed by atoms with Crippen molar-refractivity contribution < 1.29 is 4.74 Å². The lowest BCUT2D eigenvalue weighted by atomic mass is 10.2. The van der Waals surface area contributed by atoms with Crippen LogP contribution in [-0.2, 0) is 20.1 Å². The molecule has 90 valence electrons. The van der Waals surface area contributed by atoms with Gasteiger partial charge < -0.3 is 10.5 Å². The van der Waals surface area contributed by atoms with Crippen molar-refractivity contribution in [2.45, 2.75) is 20.0 Å². The summed E-state index contributed by atoms with van der Waals surface area (Å²) in [7, 11) is 1.82. The van der Waals surface area contributed by atoms with Crippen LogP contribution in [0.3, 0.4) is 0 Å². The van der Waals surface area contributed by atoms with E-state index in [0.717, 1.165) is 17.9 Å². The lowest BCUT2D eigenvalue weighted by molar-refractivity contribution is 0.300. The van der Waals surface area contributed by atoms with E-state index in [1.165, 1.54) is 5.56 Å². The van der Waals surface area contributed by atoms with Crippen molar-refractivity contribution in [1.82, 2.24) is 9.78 Å². The first-order valence-electron chi connectivity index (χ1n) is 5.69. The van der Waals surface area contributed by atoms with Crippen molar-refractivity contribution in [2.75, 3.05) is 5.73 Å². The highest BCUT2D eigenvalue weighted by atomic mass is 16.5. The Hall–Kier alpha value is -1.97. The lowest BCUT2D eigenvalue weighted by Crippen LogP contribution is -1.99. The van der Waals surface area contributed by atoms with E-state index in [-0.39, 0.29) is 0 Å². The number of nitrogens with two attached hydrogens (primary N) is 1. The molecule has 0 saturated carbocycles. The Balaban J connectivity index is 2.01. The maximum Gasteiger partial charge on any atom is 0.132 e. The zero-order valence-electron chi connectivity index (χ0n) is 10.2. The van der Waals surface area contributed by atoms with Gasteiger partial charge in [-0.2, -0.15) is 5.10 Å². The van der Waals surface area contributed by atoms with E-state index in [1.807, 2.05) is 31.3 Å². The van der Waals surface area contributed by atoms with Crippen LogP contribution in [0.25, 0.3) is 0 Å². The van der Waals surface area contributed by atoms with Crippen molar-refractivity contribution >= 4 is 5.82 Å². The fraction of sp³-hybridized carbons (Fsp3) is 0.308. The van der Waals surface area contributed by atoms with E-state index in [2.05, 4.69) is 18.1 Å². The molecule has 1 heterocycles. The molecule has 4 heteroatoms. The minimum absolute atomic E-state index is 0.443. The topological polar surface area (TPSA) is 53.1 Å². The fourth-order valence-electron chi connectivity index (χ4n) is 1.63. The summed E-state index contributed by atoms with van der Waals surface area (Å²) in [6, 6.07) is 9.91. The van der Waals surface area contributed by atoms with E-state index >= 15 is 0 Å². The molecule has 0 spiro atoms. The van der Waals surface area contributed by atoms with E-state index in [9.17, 15) is 0 Å². The van der Waals surface area contributed by atoms with Crippen LogP contribution in [0, 0.1) is 0 Å². The smallest absolute Gasteiger partial charge is 0.132 e. The van der Waals surface area contributed by atoms with Crippen molar-refractivity contribution in [3.63, 3.8) is 0 Å². The summed E-state index contributed by atoms with van der Waals surface area (Å²) in [5.41, 5.74) is 7.81.